The summed E-state index contributed by atoms with van der Waals surface area (Å²) in [6.45, 7) is 2.75. The van der Waals surface area contributed by atoms with Crippen LogP contribution in [0.4, 0.5) is 0 Å². The molecule has 2 saturated carbocycles. The monoisotopic (exact) mass is 298 g/mol. The maximum Gasteiger partial charge on any atom is 0.326 e. The molecule has 0 radical (unpaired) electrons. The molecular weight excluding hydrogens is 272 g/mol. The average molecular weight is 298 g/mol. The van der Waals surface area contributed by atoms with Crippen LogP contribution in [0.15, 0.2) is 23.0 Å². The number of aromatic nitrogens is 2. The van der Waals surface area contributed by atoms with Crippen molar-refractivity contribution in [3.05, 3.63) is 34.2 Å². The minimum atomic E-state index is 0.0191. The van der Waals surface area contributed by atoms with Crippen LogP contribution in [0.5, 0.6) is 0 Å². The van der Waals surface area contributed by atoms with Gasteiger partial charge in [-0.05, 0) is 61.6 Å². The van der Waals surface area contributed by atoms with Crippen LogP contribution in [0.25, 0.3) is 11.0 Å². The number of hydrogen-bond donors (Lipinski definition) is 1. The first-order valence-electron chi connectivity index (χ1n) is 8.98. The summed E-state index contributed by atoms with van der Waals surface area (Å²) >= 11 is 0. The number of aryl methyl sites for hydroxylation is 1. The Morgan fingerprint density at radius 3 is 2.77 bits per heavy atom. The quantitative estimate of drug-likeness (QED) is 0.875. The van der Waals surface area contributed by atoms with Crippen molar-refractivity contribution >= 4 is 11.0 Å². The molecule has 2 fully saturated rings. The van der Waals surface area contributed by atoms with Crippen LogP contribution in [-0.2, 0) is 6.54 Å². The van der Waals surface area contributed by atoms with Gasteiger partial charge in [-0.2, -0.15) is 0 Å². The molecule has 0 saturated heterocycles. The van der Waals surface area contributed by atoms with Crippen molar-refractivity contribution < 1.29 is 0 Å². The summed E-state index contributed by atoms with van der Waals surface area (Å²) in [7, 11) is 0. The van der Waals surface area contributed by atoms with Crippen molar-refractivity contribution in [2.24, 2.45) is 11.8 Å². The van der Waals surface area contributed by atoms with E-state index in [-0.39, 0.29) is 5.69 Å². The van der Waals surface area contributed by atoms with Crippen LogP contribution in [0.2, 0.25) is 0 Å². The molecule has 3 unspecified atom stereocenters. The lowest BCUT2D eigenvalue weighted by Crippen LogP contribution is -2.26. The zero-order valence-electron chi connectivity index (χ0n) is 13.5. The van der Waals surface area contributed by atoms with E-state index in [1.807, 2.05) is 11.5 Å². The van der Waals surface area contributed by atoms with Crippen LogP contribution >= 0.6 is 0 Å². The van der Waals surface area contributed by atoms with Crippen molar-refractivity contribution in [3.63, 3.8) is 0 Å². The van der Waals surface area contributed by atoms with Gasteiger partial charge in [0.05, 0.1) is 11.0 Å². The van der Waals surface area contributed by atoms with Gasteiger partial charge in [0, 0.05) is 6.54 Å². The van der Waals surface area contributed by atoms with Crippen LogP contribution in [0, 0.1) is 11.8 Å². The first kappa shape index (κ1) is 14.1. The normalized spacial score (nSPS) is 28.7. The number of nitrogens with one attached hydrogen (secondary N) is 1. The molecular formula is C19H26N2O. The van der Waals surface area contributed by atoms with E-state index >= 15 is 0 Å². The van der Waals surface area contributed by atoms with Gasteiger partial charge >= 0.3 is 5.69 Å². The van der Waals surface area contributed by atoms with Gasteiger partial charge in [-0.15, -0.1) is 0 Å². The molecule has 2 aromatic rings. The summed E-state index contributed by atoms with van der Waals surface area (Å²) in [5, 5.41) is 0. The number of nitrogens with zero attached hydrogens (tertiary/aromatic N) is 1. The highest BCUT2D eigenvalue weighted by atomic mass is 16.1. The lowest BCUT2D eigenvalue weighted by molar-refractivity contribution is 0.155. The van der Waals surface area contributed by atoms with E-state index in [1.54, 1.807) is 0 Å². The number of H-pyrrole nitrogens is 1. The fourth-order valence-electron chi connectivity index (χ4n) is 4.93. The highest BCUT2D eigenvalue weighted by Gasteiger charge is 2.32. The molecule has 3 nitrogen and oxygen atoms in total. The Balaban J connectivity index is 1.62. The molecule has 4 rings (SSSR count). The number of rotatable bonds is 2. The van der Waals surface area contributed by atoms with E-state index in [0.717, 1.165) is 29.4 Å². The molecule has 0 bridgehead atoms. The highest BCUT2D eigenvalue weighted by molar-refractivity contribution is 5.76. The Morgan fingerprint density at radius 2 is 1.95 bits per heavy atom. The van der Waals surface area contributed by atoms with Gasteiger partial charge in [-0.1, -0.05) is 31.7 Å². The molecule has 3 atom stereocenters. The van der Waals surface area contributed by atoms with Crippen molar-refractivity contribution in [1.29, 1.82) is 0 Å². The van der Waals surface area contributed by atoms with Crippen LogP contribution in [-0.4, -0.2) is 9.55 Å². The van der Waals surface area contributed by atoms with Gasteiger partial charge in [0.1, 0.15) is 0 Å². The van der Waals surface area contributed by atoms with Gasteiger partial charge in [0.15, 0.2) is 0 Å². The van der Waals surface area contributed by atoms with Crippen molar-refractivity contribution in [3.8, 4) is 0 Å². The van der Waals surface area contributed by atoms with E-state index in [0.29, 0.717) is 5.92 Å². The third-order valence-corrected chi connectivity index (χ3v) is 6.13. The van der Waals surface area contributed by atoms with Gasteiger partial charge in [0.25, 0.3) is 0 Å². The number of imidazole rings is 1. The maximum atomic E-state index is 12.0. The second-order valence-electron chi connectivity index (χ2n) is 7.27. The highest BCUT2D eigenvalue weighted by Crippen LogP contribution is 2.46. The predicted molar refractivity (Wildman–Crippen MR) is 90.3 cm³/mol. The van der Waals surface area contributed by atoms with Crippen LogP contribution in [0.1, 0.15) is 63.4 Å². The summed E-state index contributed by atoms with van der Waals surface area (Å²) in [5.41, 5.74) is 3.50. The molecule has 1 aromatic carbocycles. The minimum absolute atomic E-state index is 0.0191. The summed E-state index contributed by atoms with van der Waals surface area (Å²) in [6.07, 6.45) is 9.86. The number of aromatic amines is 1. The first-order valence-corrected chi connectivity index (χ1v) is 8.98. The first-order chi connectivity index (χ1) is 10.8. The average Bonchev–Trinajstić information content (AvgIpc) is 2.88. The second kappa shape index (κ2) is 5.60. The lowest BCUT2D eigenvalue weighted by atomic mass is 9.66. The molecule has 118 valence electrons. The van der Waals surface area contributed by atoms with Gasteiger partial charge < -0.3 is 4.98 Å². The molecule has 1 N–H and O–H groups in total. The van der Waals surface area contributed by atoms with Gasteiger partial charge in [0.2, 0.25) is 0 Å². The molecule has 0 amide bonds. The van der Waals surface area contributed by atoms with Crippen molar-refractivity contribution in [2.75, 3.05) is 0 Å². The smallest absolute Gasteiger partial charge is 0.306 e. The minimum Gasteiger partial charge on any atom is -0.306 e. The van der Waals surface area contributed by atoms with Crippen molar-refractivity contribution in [2.45, 2.75) is 64.3 Å². The third-order valence-electron chi connectivity index (χ3n) is 6.13. The van der Waals surface area contributed by atoms with E-state index in [1.165, 1.54) is 50.5 Å². The summed E-state index contributed by atoms with van der Waals surface area (Å²) in [6, 6.07) is 6.63. The lowest BCUT2D eigenvalue weighted by Gasteiger charge is -2.39. The molecule has 1 heterocycles. The predicted octanol–water partition coefficient (Wildman–Crippen LogP) is 4.42. The van der Waals surface area contributed by atoms with Gasteiger partial charge in [-0.25, -0.2) is 4.79 Å². The largest absolute Gasteiger partial charge is 0.326 e. The zero-order chi connectivity index (χ0) is 15.1. The van der Waals surface area contributed by atoms with Crippen LogP contribution < -0.4 is 5.69 Å². The Morgan fingerprint density at radius 1 is 1.14 bits per heavy atom. The standard InChI is InChI=1S/C19H26N2O/c1-2-21-18-10-9-16(12-17(18)20-19(21)22)15-8-7-13-5-3-4-6-14(13)11-15/h9-10,12-15H,2-8,11H2,1H3,(H,20,22). The zero-order valence-corrected chi connectivity index (χ0v) is 13.5. The van der Waals surface area contributed by atoms with Gasteiger partial charge in [-0.3, -0.25) is 4.57 Å². The van der Waals surface area contributed by atoms with E-state index in [2.05, 4.69) is 23.2 Å². The molecule has 3 heteroatoms. The summed E-state index contributed by atoms with van der Waals surface area (Å²) in [5.74, 6) is 2.63. The third kappa shape index (κ3) is 2.31. The van der Waals surface area contributed by atoms with Crippen LogP contribution in [0.3, 0.4) is 0 Å². The molecule has 22 heavy (non-hydrogen) atoms. The molecule has 2 aliphatic carbocycles. The van der Waals surface area contributed by atoms with E-state index < -0.39 is 0 Å². The SMILES string of the molecule is CCn1c(=O)[nH]c2cc(C3CCC4CCCCC4C3)ccc21. The fraction of sp³-hybridized carbons (Fsp3) is 0.632. The molecule has 0 spiro atoms. The Labute approximate surface area is 131 Å². The fourth-order valence-corrected chi connectivity index (χ4v) is 4.93. The topological polar surface area (TPSA) is 37.8 Å². The Bertz CT molecular complexity index is 727. The van der Waals surface area contributed by atoms with E-state index in [9.17, 15) is 4.79 Å². The maximum absolute atomic E-state index is 12.0. The van der Waals surface area contributed by atoms with Crippen molar-refractivity contribution in [1.82, 2.24) is 9.55 Å². The summed E-state index contributed by atoms with van der Waals surface area (Å²) < 4.78 is 1.82. The summed E-state index contributed by atoms with van der Waals surface area (Å²) in [4.78, 5) is 15.0. The van der Waals surface area contributed by atoms with E-state index in [4.69, 9.17) is 0 Å². The second-order valence-corrected chi connectivity index (χ2v) is 7.27. The Kier molecular flexibility index (Phi) is 3.59. The molecule has 2 aliphatic rings. The number of benzene rings is 1. The molecule has 1 aromatic heterocycles. The molecule has 0 aliphatic heterocycles. The number of hydrogen-bond acceptors (Lipinski definition) is 1. The number of fused-ring (bicyclic) bond motifs is 2. The Hall–Kier alpha value is -1.51.